The number of furan rings is 1. The average molecular weight is 443 g/mol. The van der Waals surface area contributed by atoms with Crippen LogP contribution >= 0.6 is 12.2 Å². The number of carbonyl (C=O) groups is 1. The summed E-state index contributed by atoms with van der Waals surface area (Å²) in [6.07, 6.45) is 3.52. The standard InChI is InChI=1S/C21H21N3O6S/c1-13-9-14(6-7-19(13)24(26)27)29-12-17-5-4-15(30-17)10-18-20(25)23(21(31)22-18)11-16-3-2-8-28-16/h4-7,9-10,16H,2-3,8,11-12H2,1H3,(H,22,31)/b18-10+/t16-/m0/s1. The fraction of sp³-hybridized carbons (Fsp3) is 0.333. The number of thiocarbonyl (C=S) groups is 1. The minimum atomic E-state index is -0.433. The number of nitrogens with one attached hydrogen (secondary N) is 1. The topological polar surface area (TPSA) is 107 Å². The molecule has 31 heavy (non-hydrogen) atoms. The molecule has 2 aliphatic heterocycles. The van der Waals surface area contributed by atoms with Gasteiger partial charge in [-0.3, -0.25) is 19.8 Å². The molecule has 0 radical (unpaired) electrons. The summed E-state index contributed by atoms with van der Waals surface area (Å²) in [5.74, 6) is 1.32. The van der Waals surface area contributed by atoms with Gasteiger partial charge in [0.15, 0.2) is 5.11 Å². The SMILES string of the molecule is Cc1cc(OCc2ccc(/C=C3/NC(=S)N(C[C@@H]4CCCO4)C3=O)o2)ccc1[N+](=O)[O-]. The summed E-state index contributed by atoms with van der Waals surface area (Å²) in [5.41, 5.74) is 0.900. The molecule has 10 heteroatoms. The minimum Gasteiger partial charge on any atom is -0.486 e. The van der Waals surface area contributed by atoms with Crippen molar-refractivity contribution in [2.45, 2.75) is 32.5 Å². The third kappa shape index (κ3) is 4.75. The number of ether oxygens (including phenoxy) is 2. The smallest absolute Gasteiger partial charge is 0.276 e. The lowest BCUT2D eigenvalue weighted by Gasteiger charge is -2.18. The van der Waals surface area contributed by atoms with Crippen molar-refractivity contribution in [1.29, 1.82) is 0 Å². The molecule has 0 unspecified atom stereocenters. The van der Waals surface area contributed by atoms with Gasteiger partial charge in [0.25, 0.3) is 11.6 Å². The highest BCUT2D eigenvalue weighted by molar-refractivity contribution is 7.80. The first-order valence-corrected chi connectivity index (χ1v) is 10.2. The van der Waals surface area contributed by atoms with Crippen molar-refractivity contribution < 1.29 is 23.6 Å². The summed E-state index contributed by atoms with van der Waals surface area (Å²) in [6.45, 7) is 2.95. The first kappa shape index (κ1) is 21.0. The van der Waals surface area contributed by atoms with E-state index >= 15 is 0 Å². The molecular weight excluding hydrogens is 422 g/mol. The monoisotopic (exact) mass is 443 g/mol. The van der Waals surface area contributed by atoms with Gasteiger partial charge >= 0.3 is 0 Å². The van der Waals surface area contributed by atoms with Crippen LogP contribution in [0.4, 0.5) is 5.69 Å². The quantitative estimate of drug-likeness (QED) is 0.301. The molecule has 2 saturated heterocycles. The van der Waals surface area contributed by atoms with Crippen LogP contribution in [0.15, 0.2) is 40.4 Å². The zero-order valence-electron chi connectivity index (χ0n) is 16.8. The highest BCUT2D eigenvalue weighted by Crippen LogP contribution is 2.24. The van der Waals surface area contributed by atoms with Crippen LogP contribution in [0, 0.1) is 17.0 Å². The molecule has 9 nitrogen and oxygen atoms in total. The molecule has 0 spiro atoms. The second-order valence-electron chi connectivity index (χ2n) is 7.34. The Morgan fingerprint density at radius 1 is 1.39 bits per heavy atom. The number of hydrogen-bond acceptors (Lipinski definition) is 7. The molecule has 1 N–H and O–H groups in total. The normalized spacial score (nSPS) is 19.8. The molecule has 2 fully saturated rings. The predicted octanol–water partition coefficient (Wildman–Crippen LogP) is 3.31. The summed E-state index contributed by atoms with van der Waals surface area (Å²) >= 11 is 5.29. The lowest BCUT2D eigenvalue weighted by Crippen LogP contribution is -2.37. The molecule has 1 aromatic heterocycles. The van der Waals surface area contributed by atoms with Crippen LogP contribution in [0.5, 0.6) is 5.75 Å². The maximum atomic E-state index is 12.7. The van der Waals surface area contributed by atoms with Crippen molar-refractivity contribution in [2.75, 3.05) is 13.2 Å². The van der Waals surface area contributed by atoms with Crippen LogP contribution in [0.1, 0.15) is 29.9 Å². The van der Waals surface area contributed by atoms with Crippen molar-refractivity contribution in [3.05, 3.63) is 63.2 Å². The maximum Gasteiger partial charge on any atom is 0.276 e. The van der Waals surface area contributed by atoms with E-state index in [-0.39, 0.29) is 24.3 Å². The van der Waals surface area contributed by atoms with Gasteiger partial charge in [-0.1, -0.05) is 0 Å². The number of benzene rings is 1. The van der Waals surface area contributed by atoms with E-state index in [2.05, 4.69) is 5.32 Å². The third-order valence-corrected chi connectivity index (χ3v) is 5.41. The minimum absolute atomic E-state index is 0.0125. The molecule has 3 heterocycles. The van der Waals surface area contributed by atoms with Gasteiger partial charge in [0, 0.05) is 24.3 Å². The van der Waals surface area contributed by atoms with Crippen molar-refractivity contribution in [3.63, 3.8) is 0 Å². The van der Waals surface area contributed by atoms with E-state index in [0.717, 1.165) is 12.8 Å². The Hall–Kier alpha value is -3.24. The second-order valence-corrected chi connectivity index (χ2v) is 7.72. The van der Waals surface area contributed by atoms with E-state index in [1.165, 1.54) is 11.0 Å². The van der Waals surface area contributed by atoms with Crippen molar-refractivity contribution in [2.24, 2.45) is 0 Å². The number of aryl methyl sites for hydroxylation is 1. The van der Waals surface area contributed by atoms with Crippen LogP contribution in [-0.2, 0) is 16.1 Å². The fourth-order valence-corrected chi connectivity index (χ4v) is 3.77. The third-order valence-electron chi connectivity index (χ3n) is 5.09. The van der Waals surface area contributed by atoms with Crippen molar-refractivity contribution in [3.8, 4) is 5.75 Å². The molecule has 0 bridgehead atoms. The highest BCUT2D eigenvalue weighted by atomic mass is 32.1. The molecule has 162 valence electrons. The van der Waals surface area contributed by atoms with Crippen LogP contribution in [0.3, 0.4) is 0 Å². The Morgan fingerprint density at radius 3 is 2.94 bits per heavy atom. The largest absolute Gasteiger partial charge is 0.486 e. The first-order chi connectivity index (χ1) is 14.9. The van der Waals surface area contributed by atoms with E-state index < -0.39 is 4.92 Å². The van der Waals surface area contributed by atoms with Crippen molar-refractivity contribution >= 4 is 35.0 Å². The number of nitrogens with zero attached hydrogens (tertiary/aromatic N) is 2. The predicted molar refractivity (Wildman–Crippen MR) is 115 cm³/mol. The van der Waals surface area contributed by atoms with Gasteiger partial charge in [0.05, 0.1) is 17.6 Å². The maximum absolute atomic E-state index is 12.7. The van der Waals surface area contributed by atoms with Gasteiger partial charge in [0.1, 0.15) is 29.6 Å². The van der Waals surface area contributed by atoms with E-state index in [0.29, 0.717) is 46.8 Å². The van der Waals surface area contributed by atoms with E-state index in [4.69, 9.17) is 26.1 Å². The van der Waals surface area contributed by atoms with Gasteiger partial charge in [-0.25, -0.2) is 0 Å². The Morgan fingerprint density at radius 2 is 2.23 bits per heavy atom. The molecule has 2 aromatic rings. The number of rotatable bonds is 7. The Balaban J connectivity index is 1.38. The molecule has 1 amide bonds. The number of amides is 1. The zero-order chi connectivity index (χ0) is 22.0. The molecule has 0 aliphatic carbocycles. The van der Waals surface area contributed by atoms with E-state index in [1.54, 1.807) is 37.3 Å². The van der Waals surface area contributed by atoms with E-state index in [1.807, 2.05) is 0 Å². The van der Waals surface area contributed by atoms with Crippen molar-refractivity contribution in [1.82, 2.24) is 10.2 Å². The molecule has 1 atom stereocenters. The first-order valence-electron chi connectivity index (χ1n) is 9.83. The summed E-state index contributed by atoms with van der Waals surface area (Å²) in [6, 6.07) is 8.03. The number of hydrogen-bond donors (Lipinski definition) is 1. The second kappa shape index (κ2) is 8.86. The van der Waals surface area contributed by atoms with Crippen LogP contribution in [0.25, 0.3) is 6.08 Å². The number of carbonyl (C=O) groups excluding carboxylic acids is 1. The van der Waals surface area contributed by atoms with Gasteiger partial charge < -0.3 is 19.2 Å². The van der Waals surface area contributed by atoms with Crippen LogP contribution in [0.2, 0.25) is 0 Å². The molecule has 1 aromatic carbocycles. The lowest BCUT2D eigenvalue weighted by molar-refractivity contribution is -0.385. The van der Waals surface area contributed by atoms with Gasteiger partial charge in [-0.2, -0.15) is 0 Å². The number of nitro benzene ring substituents is 1. The molecule has 4 rings (SSSR count). The zero-order valence-corrected chi connectivity index (χ0v) is 17.6. The molecule has 0 saturated carbocycles. The van der Waals surface area contributed by atoms with Gasteiger partial charge in [-0.15, -0.1) is 0 Å². The summed E-state index contributed by atoms with van der Waals surface area (Å²) < 4.78 is 17.0. The summed E-state index contributed by atoms with van der Waals surface area (Å²) in [5, 5.41) is 14.2. The molecular formula is C21H21N3O6S. The van der Waals surface area contributed by atoms with Crippen LogP contribution in [-0.4, -0.2) is 40.1 Å². The average Bonchev–Trinajstić information content (AvgIpc) is 3.45. The van der Waals surface area contributed by atoms with Gasteiger partial charge in [-0.05, 0) is 56.2 Å². The highest BCUT2D eigenvalue weighted by Gasteiger charge is 2.33. The van der Waals surface area contributed by atoms with Crippen LogP contribution < -0.4 is 10.1 Å². The Bertz CT molecular complexity index is 1060. The van der Waals surface area contributed by atoms with E-state index in [9.17, 15) is 14.9 Å². The lowest BCUT2D eigenvalue weighted by atomic mass is 10.2. The summed E-state index contributed by atoms with van der Waals surface area (Å²) in [4.78, 5) is 24.7. The number of nitro groups is 1. The Kier molecular flexibility index (Phi) is 6.01. The molecule has 2 aliphatic rings. The Labute approximate surface area is 183 Å². The summed E-state index contributed by atoms with van der Waals surface area (Å²) in [7, 11) is 0. The fourth-order valence-electron chi connectivity index (χ4n) is 3.50. The van der Waals surface area contributed by atoms with Gasteiger partial charge in [0.2, 0.25) is 0 Å².